The third-order valence-corrected chi connectivity index (χ3v) is 7.17. The molecule has 0 spiro atoms. The first-order chi connectivity index (χ1) is 16.4. The van der Waals surface area contributed by atoms with Gasteiger partial charge in [-0.3, -0.25) is 4.79 Å². The van der Waals surface area contributed by atoms with Crippen LogP contribution in [-0.4, -0.2) is 26.7 Å². The number of aryl methyl sites for hydroxylation is 1. The van der Waals surface area contributed by atoms with Crippen LogP contribution < -0.4 is 15.8 Å². The van der Waals surface area contributed by atoms with E-state index in [9.17, 15) is 4.79 Å². The van der Waals surface area contributed by atoms with Crippen molar-refractivity contribution in [2.75, 3.05) is 31.8 Å². The number of methoxy groups -OCH3 is 2. The molecule has 0 aliphatic rings. The normalized spacial score (nSPS) is 11.8. The van der Waals surface area contributed by atoms with Gasteiger partial charge in [-0.15, -0.1) is 11.3 Å². The fourth-order valence-corrected chi connectivity index (χ4v) is 5.10. The lowest BCUT2D eigenvalue weighted by atomic mass is 9.89. The predicted molar refractivity (Wildman–Crippen MR) is 139 cm³/mol. The second kappa shape index (κ2) is 11.9. The van der Waals surface area contributed by atoms with E-state index in [-0.39, 0.29) is 18.3 Å². The van der Waals surface area contributed by atoms with E-state index in [4.69, 9.17) is 19.9 Å². The number of hydrogen-bond acceptors (Lipinski definition) is 7. The van der Waals surface area contributed by atoms with Crippen LogP contribution in [0, 0.1) is 13.8 Å². The highest BCUT2D eigenvalue weighted by atomic mass is 32.1. The van der Waals surface area contributed by atoms with Crippen molar-refractivity contribution in [2.45, 2.75) is 46.3 Å². The zero-order valence-corrected chi connectivity index (χ0v) is 21.4. The molecule has 0 saturated heterocycles. The molecule has 182 valence electrons. The molecular weight excluding hydrogens is 448 g/mol. The van der Waals surface area contributed by atoms with E-state index in [1.54, 1.807) is 18.4 Å². The summed E-state index contributed by atoms with van der Waals surface area (Å²) in [4.78, 5) is 14.6. The molecule has 3 rings (SSSR count). The van der Waals surface area contributed by atoms with Crippen LogP contribution in [0.25, 0.3) is 0 Å². The third kappa shape index (κ3) is 6.10. The van der Waals surface area contributed by atoms with Crippen LogP contribution in [0.15, 0.2) is 42.5 Å². The molecule has 3 N–H and O–H groups in total. The lowest BCUT2D eigenvalue weighted by Gasteiger charge is -2.20. The lowest BCUT2D eigenvalue weighted by Crippen LogP contribution is -2.12. The maximum atomic E-state index is 12.3. The van der Waals surface area contributed by atoms with Crippen LogP contribution in [-0.2, 0) is 27.5 Å². The Morgan fingerprint density at radius 1 is 1.09 bits per heavy atom. The minimum Gasteiger partial charge on any atom is -0.497 e. The van der Waals surface area contributed by atoms with E-state index in [0.717, 1.165) is 45.1 Å². The fourth-order valence-electron chi connectivity index (χ4n) is 3.94. The monoisotopic (exact) mass is 482 g/mol. The molecular formula is C27H34N2O4S. The highest BCUT2D eigenvalue weighted by molar-refractivity contribution is 7.12. The van der Waals surface area contributed by atoms with Crippen LogP contribution in [0.4, 0.5) is 11.4 Å². The molecule has 2 aromatic carbocycles. The number of nitrogen functional groups attached to an aromatic ring is 1. The molecule has 3 aromatic rings. The second-order valence-corrected chi connectivity index (χ2v) is 9.46. The van der Waals surface area contributed by atoms with Crippen molar-refractivity contribution < 1.29 is 19.0 Å². The number of thiophene rings is 1. The third-order valence-electron chi connectivity index (χ3n) is 5.97. The Morgan fingerprint density at radius 3 is 2.47 bits per heavy atom. The largest absolute Gasteiger partial charge is 0.497 e. The minimum absolute atomic E-state index is 0.135. The van der Waals surface area contributed by atoms with Crippen molar-refractivity contribution >= 4 is 28.7 Å². The maximum absolute atomic E-state index is 12.3. The molecule has 34 heavy (non-hydrogen) atoms. The van der Waals surface area contributed by atoms with Gasteiger partial charge < -0.3 is 25.3 Å². The van der Waals surface area contributed by atoms with Gasteiger partial charge in [0.05, 0.1) is 45.2 Å². The summed E-state index contributed by atoms with van der Waals surface area (Å²) in [5, 5.41) is 3.29. The summed E-state index contributed by atoms with van der Waals surface area (Å²) < 4.78 is 16.2. The van der Waals surface area contributed by atoms with Gasteiger partial charge >= 0.3 is 5.97 Å². The second-order valence-electron chi connectivity index (χ2n) is 8.18. The Labute approximate surface area is 206 Å². The van der Waals surface area contributed by atoms with E-state index in [1.165, 1.54) is 12.0 Å². The lowest BCUT2D eigenvalue weighted by molar-refractivity contribution is -0.140. The maximum Gasteiger partial charge on any atom is 0.306 e. The van der Waals surface area contributed by atoms with E-state index in [2.05, 4.69) is 24.4 Å². The summed E-state index contributed by atoms with van der Waals surface area (Å²) in [5.41, 5.74) is 12.3. The van der Waals surface area contributed by atoms with Crippen molar-refractivity contribution in [3.63, 3.8) is 0 Å². The number of ether oxygens (including phenoxy) is 3. The number of benzene rings is 2. The van der Waals surface area contributed by atoms with Crippen molar-refractivity contribution in [1.82, 2.24) is 0 Å². The Bertz CT molecular complexity index is 1110. The number of carbonyl (C=O) groups is 1. The Balaban J connectivity index is 1.81. The molecule has 0 saturated carbocycles. The topological polar surface area (TPSA) is 82.8 Å². The number of hydrogen-bond donors (Lipinski definition) is 2. The van der Waals surface area contributed by atoms with Crippen LogP contribution in [0.2, 0.25) is 0 Å². The van der Waals surface area contributed by atoms with Gasteiger partial charge in [-0.05, 0) is 67.3 Å². The molecule has 1 unspecified atom stereocenters. The van der Waals surface area contributed by atoms with Gasteiger partial charge in [-0.2, -0.15) is 0 Å². The standard InChI is InChI=1S/C27H34N2O4S/c1-6-29-24-12-11-22(17(2)27(24)28)23(14-26(30)32-5)25-13-20(18(3)34-25)16-33-15-19-7-9-21(31-4)10-8-19/h7-13,23,29H,6,14-16,28H2,1-5H3. The summed E-state index contributed by atoms with van der Waals surface area (Å²) in [6.07, 6.45) is 0.253. The van der Waals surface area contributed by atoms with E-state index in [1.807, 2.05) is 44.2 Å². The van der Waals surface area contributed by atoms with E-state index < -0.39 is 0 Å². The predicted octanol–water partition coefficient (Wildman–Crippen LogP) is 5.80. The minimum atomic E-state index is -0.248. The highest BCUT2D eigenvalue weighted by Gasteiger charge is 2.24. The molecule has 1 heterocycles. The van der Waals surface area contributed by atoms with E-state index in [0.29, 0.717) is 18.9 Å². The van der Waals surface area contributed by atoms with Crippen LogP contribution >= 0.6 is 11.3 Å². The zero-order chi connectivity index (χ0) is 24.7. The first kappa shape index (κ1) is 25.6. The summed E-state index contributed by atoms with van der Waals surface area (Å²) >= 11 is 1.69. The van der Waals surface area contributed by atoms with Gasteiger partial charge in [0.15, 0.2) is 0 Å². The van der Waals surface area contributed by atoms with Crippen LogP contribution in [0.3, 0.4) is 0 Å². The molecule has 0 radical (unpaired) electrons. The molecule has 6 nitrogen and oxygen atoms in total. The number of carbonyl (C=O) groups excluding carboxylic acids is 1. The first-order valence-electron chi connectivity index (χ1n) is 11.4. The average Bonchev–Trinajstić information content (AvgIpc) is 3.21. The Hall–Kier alpha value is -3.03. The van der Waals surface area contributed by atoms with Crippen LogP contribution in [0.5, 0.6) is 5.75 Å². The van der Waals surface area contributed by atoms with Crippen LogP contribution in [0.1, 0.15) is 51.3 Å². The molecule has 0 aliphatic heterocycles. The molecule has 1 aromatic heterocycles. The quantitative estimate of drug-likeness (QED) is 0.265. The molecule has 0 fully saturated rings. The summed E-state index contributed by atoms with van der Waals surface area (Å²) in [6, 6.07) is 14.1. The molecule has 0 aliphatic carbocycles. The molecule has 0 amide bonds. The molecule has 1 atom stereocenters. The zero-order valence-electron chi connectivity index (χ0n) is 20.6. The fraction of sp³-hybridized carbons (Fsp3) is 0.370. The average molecular weight is 483 g/mol. The van der Waals surface area contributed by atoms with Crippen molar-refractivity contribution in [3.8, 4) is 5.75 Å². The Morgan fingerprint density at radius 2 is 1.82 bits per heavy atom. The van der Waals surface area contributed by atoms with Gasteiger partial charge in [0, 0.05) is 22.2 Å². The summed E-state index contributed by atoms with van der Waals surface area (Å²) in [6.45, 7) is 7.94. The van der Waals surface area contributed by atoms with Crippen molar-refractivity contribution in [2.24, 2.45) is 0 Å². The highest BCUT2D eigenvalue weighted by Crippen LogP contribution is 2.39. The van der Waals surface area contributed by atoms with Gasteiger partial charge in [-0.25, -0.2) is 0 Å². The first-order valence-corrected chi connectivity index (χ1v) is 12.2. The SMILES string of the molecule is CCNc1ccc(C(CC(=O)OC)c2cc(COCc3ccc(OC)cc3)c(C)s2)c(C)c1N. The number of nitrogens with one attached hydrogen (secondary N) is 1. The van der Waals surface area contributed by atoms with E-state index >= 15 is 0 Å². The molecule has 0 bridgehead atoms. The van der Waals surface area contributed by atoms with Gasteiger partial charge in [0.2, 0.25) is 0 Å². The van der Waals surface area contributed by atoms with Crippen molar-refractivity contribution in [1.29, 1.82) is 0 Å². The van der Waals surface area contributed by atoms with Gasteiger partial charge in [0.25, 0.3) is 0 Å². The van der Waals surface area contributed by atoms with Gasteiger partial charge in [-0.1, -0.05) is 18.2 Å². The smallest absolute Gasteiger partial charge is 0.306 e. The number of esters is 1. The summed E-state index contributed by atoms with van der Waals surface area (Å²) in [5.74, 6) is 0.444. The number of rotatable bonds is 11. The Kier molecular flexibility index (Phi) is 8.96. The van der Waals surface area contributed by atoms with Gasteiger partial charge in [0.1, 0.15) is 5.75 Å². The summed E-state index contributed by atoms with van der Waals surface area (Å²) in [7, 11) is 3.08. The number of nitrogens with two attached hydrogens (primary N) is 1. The number of anilines is 2. The molecule has 7 heteroatoms. The van der Waals surface area contributed by atoms with Crippen molar-refractivity contribution in [3.05, 3.63) is 74.5 Å².